The number of rotatable bonds is 3. The standard InChI is InChI=1S/C12H21NO4S/c1-12(2,3)17-11(15)13-5-8-6-18-7-9(8)10(14)16-4/h8-9H,5-7H2,1-4H3,(H,13,15). The van der Waals surface area contributed by atoms with Gasteiger partial charge in [0.2, 0.25) is 0 Å². The highest BCUT2D eigenvalue weighted by molar-refractivity contribution is 7.99. The van der Waals surface area contributed by atoms with Gasteiger partial charge in [-0.3, -0.25) is 4.79 Å². The Morgan fingerprint density at radius 1 is 1.33 bits per heavy atom. The summed E-state index contributed by atoms with van der Waals surface area (Å²) in [5.41, 5.74) is -0.504. The van der Waals surface area contributed by atoms with E-state index in [0.717, 1.165) is 11.5 Å². The molecule has 0 aromatic heterocycles. The Hall–Kier alpha value is -0.910. The number of nitrogens with one attached hydrogen (secondary N) is 1. The van der Waals surface area contributed by atoms with E-state index in [0.29, 0.717) is 6.54 Å². The van der Waals surface area contributed by atoms with Crippen molar-refractivity contribution in [2.24, 2.45) is 11.8 Å². The van der Waals surface area contributed by atoms with Crippen molar-refractivity contribution in [3.63, 3.8) is 0 Å². The van der Waals surface area contributed by atoms with Gasteiger partial charge in [0.05, 0.1) is 13.0 Å². The van der Waals surface area contributed by atoms with E-state index in [1.54, 1.807) is 11.8 Å². The lowest BCUT2D eigenvalue weighted by Gasteiger charge is -2.21. The van der Waals surface area contributed by atoms with Crippen LogP contribution in [-0.4, -0.2) is 42.8 Å². The summed E-state index contributed by atoms with van der Waals surface area (Å²) >= 11 is 1.71. The Morgan fingerprint density at radius 2 is 2.00 bits per heavy atom. The molecule has 1 N–H and O–H groups in total. The summed E-state index contributed by atoms with van der Waals surface area (Å²) in [5.74, 6) is 1.41. The molecule has 5 nitrogen and oxygen atoms in total. The number of alkyl carbamates (subject to hydrolysis) is 1. The van der Waals surface area contributed by atoms with Gasteiger partial charge in [-0.1, -0.05) is 0 Å². The first-order valence-corrected chi connectivity index (χ1v) is 7.11. The third-order valence-corrected chi connectivity index (χ3v) is 3.87. The molecule has 104 valence electrons. The third-order valence-electron chi connectivity index (χ3n) is 2.61. The van der Waals surface area contributed by atoms with Gasteiger partial charge in [-0.2, -0.15) is 11.8 Å². The van der Waals surface area contributed by atoms with Gasteiger partial charge in [0.25, 0.3) is 0 Å². The highest BCUT2D eigenvalue weighted by Gasteiger charge is 2.34. The molecule has 1 amide bonds. The number of carbonyl (C=O) groups is 2. The van der Waals surface area contributed by atoms with Crippen molar-refractivity contribution in [2.75, 3.05) is 25.2 Å². The lowest BCUT2D eigenvalue weighted by Crippen LogP contribution is -2.38. The molecule has 1 rings (SSSR count). The van der Waals surface area contributed by atoms with Crippen molar-refractivity contribution in [1.82, 2.24) is 5.32 Å². The smallest absolute Gasteiger partial charge is 0.407 e. The SMILES string of the molecule is COC(=O)C1CSCC1CNC(=O)OC(C)(C)C. The molecule has 0 aromatic carbocycles. The summed E-state index contributed by atoms with van der Waals surface area (Å²) in [6, 6.07) is 0. The van der Waals surface area contributed by atoms with Crippen molar-refractivity contribution in [3.05, 3.63) is 0 Å². The van der Waals surface area contributed by atoms with Crippen LogP contribution in [-0.2, 0) is 14.3 Å². The topological polar surface area (TPSA) is 64.6 Å². The second kappa shape index (κ2) is 6.31. The maximum Gasteiger partial charge on any atom is 0.407 e. The van der Waals surface area contributed by atoms with Crippen molar-refractivity contribution in [2.45, 2.75) is 26.4 Å². The van der Waals surface area contributed by atoms with E-state index in [2.05, 4.69) is 5.32 Å². The molecule has 1 fully saturated rings. The van der Waals surface area contributed by atoms with E-state index < -0.39 is 11.7 Å². The van der Waals surface area contributed by atoms with Gasteiger partial charge in [-0.25, -0.2) is 4.79 Å². The summed E-state index contributed by atoms with van der Waals surface area (Å²) < 4.78 is 9.90. The zero-order chi connectivity index (χ0) is 13.8. The maximum absolute atomic E-state index is 11.5. The molecule has 18 heavy (non-hydrogen) atoms. The Kier molecular flexibility index (Phi) is 5.31. The summed E-state index contributed by atoms with van der Waals surface area (Å²) in [6.45, 7) is 5.89. The fourth-order valence-electron chi connectivity index (χ4n) is 1.74. The van der Waals surface area contributed by atoms with Gasteiger partial charge in [-0.15, -0.1) is 0 Å². The van der Waals surface area contributed by atoms with E-state index in [1.807, 2.05) is 20.8 Å². The molecular formula is C12H21NO4S. The Balaban J connectivity index is 2.38. The first kappa shape index (κ1) is 15.1. The van der Waals surface area contributed by atoms with Gasteiger partial charge in [0.1, 0.15) is 5.60 Å². The Bertz CT molecular complexity index is 314. The molecule has 0 aromatic rings. The number of hydrogen-bond donors (Lipinski definition) is 1. The number of carbonyl (C=O) groups excluding carboxylic acids is 2. The van der Waals surface area contributed by atoms with Crippen molar-refractivity contribution in [1.29, 1.82) is 0 Å². The Morgan fingerprint density at radius 3 is 2.56 bits per heavy atom. The minimum absolute atomic E-state index is 0.120. The monoisotopic (exact) mass is 275 g/mol. The van der Waals surface area contributed by atoms with Crippen LogP contribution in [0.4, 0.5) is 4.79 Å². The second-order valence-corrected chi connectivity index (χ2v) is 6.38. The number of esters is 1. The lowest BCUT2D eigenvalue weighted by molar-refractivity contribution is -0.145. The molecule has 0 saturated carbocycles. The zero-order valence-corrected chi connectivity index (χ0v) is 12.1. The van der Waals surface area contributed by atoms with E-state index in [-0.39, 0.29) is 17.8 Å². The summed E-state index contributed by atoms with van der Waals surface area (Å²) in [5, 5.41) is 2.71. The van der Waals surface area contributed by atoms with Gasteiger partial charge in [-0.05, 0) is 32.4 Å². The molecule has 0 spiro atoms. The second-order valence-electron chi connectivity index (χ2n) is 5.31. The molecule has 0 aliphatic carbocycles. The largest absolute Gasteiger partial charge is 0.469 e. The third kappa shape index (κ3) is 4.76. The van der Waals surface area contributed by atoms with Crippen LogP contribution >= 0.6 is 11.8 Å². The average molecular weight is 275 g/mol. The minimum Gasteiger partial charge on any atom is -0.469 e. The maximum atomic E-state index is 11.5. The van der Waals surface area contributed by atoms with Crippen molar-refractivity contribution >= 4 is 23.8 Å². The molecule has 1 aliphatic heterocycles. The fourth-order valence-corrected chi connectivity index (χ4v) is 3.19. The summed E-state index contributed by atoms with van der Waals surface area (Å²) in [4.78, 5) is 23.0. The number of amides is 1. The molecule has 0 radical (unpaired) electrons. The van der Waals surface area contributed by atoms with E-state index >= 15 is 0 Å². The van der Waals surface area contributed by atoms with Gasteiger partial charge >= 0.3 is 12.1 Å². The molecule has 1 aliphatic rings. The van der Waals surface area contributed by atoms with Crippen LogP contribution in [0.5, 0.6) is 0 Å². The first-order valence-electron chi connectivity index (χ1n) is 5.96. The molecule has 1 heterocycles. The minimum atomic E-state index is -0.504. The number of methoxy groups -OCH3 is 1. The number of thioether (sulfide) groups is 1. The molecule has 2 atom stereocenters. The van der Waals surface area contributed by atoms with Crippen molar-refractivity contribution < 1.29 is 19.1 Å². The van der Waals surface area contributed by atoms with Gasteiger partial charge < -0.3 is 14.8 Å². The number of ether oxygens (including phenoxy) is 2. The molecular weight excluding hydrogens is 254 g/mol. The van der Waals surface area contributed by atoms with E-state index in [4.69, 9.17) is 9.47 Å². The Labute approximate surface area is 112 Å². The summed E-state index contributed by atoms with van der Waals surface area (Å²) in [6.07, 6.45) is -0.442. The lowest BCUT2D eigenvalue weighted by atomic mass is 9.96. The molecule has 1 saturated heterocycles. The van der Waals surface area contributed by atoms with Crippen LogP contribution in [0.2, 0.25) is 0 Å². The molecule has 2 unspecified atom stereocenters. The highest BCUT2D eigenvalue weighted by Crippen LogP contribution is 2.30. The van der Waals surface area contributed by atoms with Gasteiger partial charge in [0, 0.05) is 12.3 Å². The number of hydrogen-bond acceptors (Lipinski definition) is 5. The quantitative estimate of drug-likeness (QED) is 0.794. The van der Waals surface area contributed by atoms with E-state index in [9.17, 15) is 9.59 Å². The first-order chi connectivity index (χ1) is 8.33. The fraction of sp³-hybridized carbons (Fsp3) is 0.833. The summed E-state index contributed by atoms with van der Waals surface area (Å²) in [7, 11) is 1.39. The van der Waals surface area contributed by atoms with Crippen LogP contribution in [0, 0.1) is 11.8 Å². The highest BCUT2D eigenvalue weighted by atomic mass is 32.2. The van der Waals surface area contributed by atoms with Crippen molar-refractivity contribution in [3.8, 4) is 0 Å². The van der Waals surface area contributed by atoms with E-state index in [1.165, 1.54) is 7.11 Å². The molecule has 0 bridgehead atoms. The predicted molar refractivity (Wildman–Crippen MR) is 70.6 cm³/mol. The van der Waals surface area contributed by atoms with Crippen LogP contribution in [0.1, 0.15) is 20.8 Å². The zero-order valence-electron chi connectivity index (χ0n) is 11.3. The van der Waals surface area contributed by atoms with Gasteiger partial charge in [0.15, 0.2) is 0 Å². The van der Waals surface area contributed by atoms with Crippen LogP contribution in [0.15, 0.2) is 0 Å². The van der Waals surface area contributed by atoms with Crippen LogP contribution < -0.4 is 5.32 Å². The van der Waals surface area contributed by atoms with Crippen LogP contribution in [0.25, 0.3) is 0 Å². The normalized spacial score (nSPS) is 23.6. The predicted octanol–water partition coefficient (Wildman–Crippen LogP) is 1.66. The van der Waals surface area contributed by atoms with Crippen LogP contribution in [0.3, 0.4) is 0 Å². The average Bonchev–Trinajstić information content (AvgIpc) is 2.71. The molecule has 6 heteroatoms.